The van der Waals surface area contributed by atoms with Crippen LogP contribution in [-0.4, -0.2) is 30.1 Å². The Balaban J connectivity index is 2.40. The van der Waals surface area contributed by atoms with Crippen LogP contribution in [0.3, 0.4) is 0 Å². The van der Waals surface area contributed by atoms with Crippen molar-refractivity contribution in [1.29, 1.82) is 0 Å². The summed E-state index contributed by atoms with van der Waals surface area (Å²) < 4.78 is 0. The fourth-order valence-electron chi connectivity index (χ4n) is 2.17. The number of nitrogens with zero attached hydrogens (tertiary/aromatic N) is 1. The van der Waals surface area contributed by atoms with E-state index in [-0.39, 0.29) is 18.1 Å². The zero-order chi connectivity index (χ0) is 14.4. The Hall–Kier alpha value is -1.03. The lowest BCUT2D eigenvalue weighted by Crippen LogP contribution is -2.46. The van der Waals surface area contributed by atoms with Crippen LogP contribution in [0.15, 0.2) is 16.8 Å². The van der Waals surface area contributed by atoms with E-state index < -0.39 is 0 Å². The molecule has 0 bridgehead atoms. The number of rotatable bonds is 6. The first-order valence-corrected chi connectivity index (χ1v) is 7.88. The maximum atomic E-state index is 12.1. The van der Waals surface area contributed by atoms with Crippen molar-refractivity contribution in [3.05, 3.63) is 22.4 Å². The van der Waals surface area contributed by atoms with Crippen LogP contribution in [0.4, 0.5) is 4.79 Å². The van der Waals surface area contributed by atoms with E-state index in [0.29, 0.717) is 5.92 Å². The molecular formula is C15H26N2OS. The van der Waals surface area contributed by atoms with Gasteiger partial charge in [-0.2, -0.15) is 11.3 Å². The second-order valence-corrected chi connectivity index (χ2v) is 6.56. The summed E-state index contributed by atoms with van der Waals surface area (Å²) in [4.78, 5) is 13.9. The Morgan fingerprint density at radius 3 is 2.58 bits per heavy atom. The Bertz CT molecular complexity index is 376. The highest BCUT2D eigenvalue weighted by atomic mass is 32.1. The molecule has 1 N–H and O–H groups in total. The molecule has 108 valence electrons. The van der Waals surface area contributed by atoms with Gasteiger partial charge in [0.15, 0.2) is 0 Å². The Morgan fingerprint density at radius 1 is 1.37 bits per heavy atom. The second kappa shape index (κ2) is 7.53. The van der Waals surface area contributed by atoms with Crippen molar-refractivity contribution in [2.24, 2.45) is 5.92 Å². The number of amides is 2. The van der Waals surface area contributed by atoms with Crippen LogP contribution in [0, 0.1) is 5.92 Å². The van der Waals surface area contributed by atoms with Gasteiger partial charge in [-0.1, -0.05) is 13.8 Å². The minimum absolute atomic E-state index is 0.0240. The molecule has 0 aromatic carbocycles. The number of urea groups is 1. The highest BCUT2D eigenvalue weighted by Gasteiger charge is 2.18. The van der Waals surface area contributed by atoms with E-state index in [2.05, 4.69) is 49.8 Å². The molecule has 0 aliphatic heterocycles. The summed E-state index contributed by atoms with van der Waals surface area (Å²) in [6, 6.07) is 2.57. The first kappa shape index (κ1) is 16.0. The van der Waals surface area contributed by atoms with Crippen LogP contribution in [0.5, 0.6) is 0 Å². The van der Waals surface area contributed by atoms with E-state index in [9.17, 15) is 4.79 Å². The molecule has 0 aliphatic rings. The molecule has 2 amide bonds. The number of thiophene rings is 1. The fourth-order valence-corrected chi connectivity index (χ4v) is 2.85. The van der Waals surface area contributed by atoms with Gasteiger partial charge in [-0.15, -0.1) is 0 Å². The highest BCUT2D eigenvalue weighted by Crippen LogP contribution is 2.11. The maximum Gasteiger partial charge on any atom is 0.317 e. The fraction of sp³-hybridized carbons (Fsp3) is 0.667. The van der Waals surface area contributed by atoms with Crippen LogP contribution in [0.1, 0.15) is 39.7 Å². The van der Waals surface area contributed by atoms with E-state index in [0.717, 1.165) is 12.8 Å². The zero-order valence-corrected chi connectivity index (χ0v) is 13.5. The Kier molecular flexibility index (Phi) is 6.35. The molecule has 2 atom stereocenters. The standard InChI is InChI=1S/C15H26N2OS/c1-11(2)8-13(4)17(5)15(18)16-12(3)9-14-6-7-19-10-14/h6-7,10-13H,8-9H2,1-5H3,(H,16,18)/t12-,13-/m1/s1. The second-order valence-electron chi connectivity index (χ2n) is 5.78. The first-order chi connectivity index (χ1) is 8.90. The Labute approximate surface area is 121 Å². The largest absolute Gasteiger partial charge is 0.335 e. The summed E-state index contributed by atoms with van der Waals surface area (Å²) in [5.74, 6) is 0.605. The van der Waals surface area contributed by atoms with Gasteiger partial charge in [0, 0.05) is 19.1 Å². The van der Waals surface area contributed by atoms with Crippen molar-refractivity contribution < 1.29 is 4.79 Å². The molecule has 0 fully saturated rings. The minimum Gasteiger partial charge on any atom is -0.335 e. The summed E-state index contributed by atoms with van der Waals surface area (Å²) in [6.45, 7) is 8.52. The number of hydrogen-bond acceptors (Lipinski definition) is 2. The van der Waals surface area contributed by atoms with Crippen molar-refractivity contribution in [2.75, 3.05) is 7.05 Å². The van der Waals surface area contributed by atoms with E-state index in [4.69, 9.17) is 0 Å². The lowest BCUT2D eigenvalue weighted by Gasteiger charge is -2.28. The summed E-state index contributed by atoms with van der Waals surface area (Å²) >= 11 is 1.70. The number of carbonyl (C=O) groups is 1. The summed E-state index contributed by atoms with van der Waals surface area (Å²) in [7, 11) is 1.87. The van der Waals surface area contributed by atoms with Crippen LogP contribution in [-0.2, 0) is 6.42 Å². The van der Waals surface area contributed by atoms with E-state index in [1.54, 1.807) is 11.3 Å². The zero-order valence-electron chi connectivity index (χ0n) is 12.6. The molecule has 0 radical (unpaired) electrons. The van der Waals surface area contributed by atoms with Gasteiger partial charge in [0.25, 0.3) is 0 Å². The topological polar surface area (TPSA) is 32.3 Å². The van der Waals surface area contributed by atoms with Gasteiger partial charge in [-0.05, 0) is 55.0 Å². The normalized spacial score (nSPS) is 14.2. The predicted molar refractivity (Wildman–Crippen MR) is 82.7 cm³/mol. The van der Waals surface area contributed by atoms with Crippen LogP contribution in [0.25, 0.3) is 0 Å². The molecule has 19 heavy (non-hydrogen) atoms. The summed E-state index contributed by atoms with van der Waals surface area (Å²) in [5, 5.41) is 7.27. The molecule has 3 nitrogen and oxygen atoms in total. The lowest BCUT2D eigenvalue weighted by molar-refractivity contribution is 0.183. The first-order valence-electron chi connectivity index (χ1n) is 6.94. The third-order valence-electron chi connectivity index (χ3n) is 3.29. The molecule has 1 rings (SSSR count). The third-order valence-corrected chi connectivity index (χ3v) is 4.02. The van der Waals surface area contributed by atoms with Crippen molar-refractivity contribution in [2.45, 2.75) is 52.6 Å². The number of hydrogen-bond donors (Lipinski definition) is 1. The van der Waals surface area contributed by atoms with E-state index in [1.807, 2.05) is 11.9 Å². The molecule has 4 heteroatoms. The molecule has 1 heterocycles. The van der Waals surface area contributed by atoms with Gasteiger partial charge in [0.05, 0.1) is 0 Å². The van der Waals surface area contributed by atoms with Gasteiger partial charge < -0.3 is 10.2 Å². The number of nitrogens with one attached hydrogen (secondary N) is 1. The molecule has 1 aromatic rings. The number of carbonyl (C=O) groups excluding carboxylic acids is 1. The molecule has 1 aromatic heterocycles. The van der Waals surface area contributed by atoms with Gasteiger partial charge in [-0.3, -0.25) is 0 Å². The van der Waals surface area contributed by atoms with E-state index in [1.165, 1.54) is 5.56 Å². The average Bonchev–Trinajstić information content (AvgIpc) is 2.79. The SMILES string of the molecule is CC(C)C[C@@H](C)N(C)C(=O)N[C@H](C)Cc1ccsc1. The molecule has 0 saturated carbocycles. The highest BCUT2D eigenvalue weighted by molar-refractivity contribution is 7.07. The predicted octanol–water partition coefficient (Wildman–Crippen LogP) is 3.76. The van der Waals surface area contributed by atoms with Gasteiger partial charge in [0.1, 0.15) is 0 Å². The maximum absolute atomic E-state index is 12.1. The van der Waals surface area contributed by atoms with Crippen molar-refractivity contribution in [3.63, 3.8) is 0 Å². The van der Waals surface area contributed by atoms with Gasteiger partial charge >= 0.3 is 6.03 Å². The van der Waals surface area contributed by atoms with Gasteiger partial charge in [0.2, 0.25) is 0 Å². The van der Waals surface area contributed by atoms with Crippen molar-refractivity contribution in [3.8, 4) is 0 Å². The summed E-state index contributed by atoms with van der Waals surface area (Å²) in [5.41, 5.74) is 1.29. The molecular weight excluding hydrogens is 256 g/mol. The quantitative estimate of drug-likeness (QED) is 0.846. The van der Waals surface area contributed by atoms with Gasteiger partial charge in [-0.25, -0.2) is 4.79 Å². The van der Waals surface area contributed by atoms with E-state index >= 15 is 0 Å². The van der Waals surface area contributed by atoms with Crippen LogP contribution < -0.4 is 5.32 Å². The van der Waals surface area contributed by atoms with Crippen LogP contribution >= 0.6 is 11.3 Å². The summed E-state index contributed by atoms with van der Waals surface area (Å²) in [6.07, 6.45) is 1.92. The van der Waals surface area contributed by atoms with Crippen LogP contribution in [0.2, 0.25) is 0 Å². The molecule has 0 saturated heterocycles. The Morgan fingerprint density at radius 2 is 2.05 bits per heavy atom. The van der Waals surface area contributed by atoms with Crippen molar-refractivity contribution >= 4 is 17.4 Å². The molecule has 0 spiro atoms. The average molecular weight is 282 g/mol. The molecule has 0 unspecified atom stereocenters. The lowest BCUT2D eigenvalue weighted by atomic mass is 10.0. The van der Waals surface area contributed by atoms with Crippen molar-refractivity contribution in [1.82, 2.24) is 10.2 Å². The monoisotopic (exact) mass is 282 g/mol. The minimum atomic E-state index is 0.0240. The smallest absolute Gasteiger partial charge is 0.317 e. The molecule has 0 aliphatic carbocycles. The third kappa shape index (κ3) is 5.64.